The summed E-state index contributed by atoms with van der Waals surface area (Å²) in [5.41, 5.74) is 0.789. The highest BCUT2D eigenvalue weighted by Gasteiger charge is 2.40. The van der Waals surface area contributed by atoms with Gasteiger partial charge in [-0.05, 0) is 30.4 Å². The summed E-state index contributed by atoms with van der Waals surface area (Å²) in [7, 11) is 0. The van der Waals surface area contributed by atoms with Crippen LogP contribution in [0.3, 0.4) is 0 Å². The molecule has 0 unspecified atom stereocenters. The minimum Gasteiger partial charge on any atom is -0.395 e. The van der Waals surface area contributed by atoms with Gasteiger partial charge in [0.15, 0.2) is 0 Å². The third-order valence-electron chi connectivity index (χ3n) is 3.52. The van der Waals surface area contributed by atoms with Crippen molar-refractivity contribution in [3.8, 4) is 10.6 Å². The van der Waals surface area contributed by atoms with Crippen LogP contribution in [0.25, 0.3) is 10.6 Å². The van der Waals surface area contributed by atoms with Gasteiger partial charge in [-0.2, -0.15) is 0 Å². The lowest BCUT2D eigenvalue weighted by Crippen LogP contribution is -2.39. The third-order valence-corrected chi connectivity index (χ3v) is 4.41. The maximum atomic E-state index is 9.53. The summed E-state index contributed by atoms with van der Waals surface area (Å²) in [4.78, 5) is 10.1. The smallest absolute Gasteiger partial charge is 0.137 e. The first-order chi connectivity index (χ1) is 8.34. The van der Waals surface area contributed by atoms with Gasteiger partial charge < -0.3 is 5.11 Å². The molecule has 1 N–H and O–H groups in total. The van der Waals surface area contributed by atoms with E-state index in [-0.39, 0.29) is 12.0 Å². The van der Waals surface area contributed by atoms with Crippen LogP contribution in [0, 0.1) is 0 Å². The highest BCUT2D eigenvalue weighted by molar-refractivity contribution is 7.13. The van der Waals surface area contributed by atoms with Crippen molar-refractivity contribution in [2.45, 2.75) is 24.7 Å². The first-order valence-corrected chi connectivity index (χ1v) is 6.70. The van der Waals surface area contributed by atoms with Crippen LogP contribution in [0.4, 0.5) is 0 Å². The molecule has 0 atom stereocenters. The lowest BCUT2D eigenvalue weighted by Gasteiger charge is -2.38. The minimum absolute atomic E-state index is 0.154. The Labute approximate surface area is 104 Å². The number of thiophene rings is 1. The quantitative estimate of drug-likeness (QED) is 0.905. The Morgan fingerprint density at radius 2 is 2.24 bits per heavy atom. The van der Waals surface area contributed by atoms with Crippen LogP contribution >= 0.6 is 11.3 Å². The summed E-state index contributed by atoms with van der Waals surface area (Å²) in [6, 6.07) is 6.01. The van der Waals surface area contributed by atoms with Crippen molar-refractivity contribution in [3.05, 3.63) is 35.6 Å². The number of aliphatic hydroxyl groups excluding tert-OH is 1. The Morgan fingerprint density at radius 1 is 1.35 bits per heavy atom. The number of hydrogen-bond donors (Lipinski definition) is 1. The van der Waals surface area contributed by atoms with E-state index in [1.807, 2.05) is 17.5 Å². The van der Waals surface area contributed by atoms with Crippen molar-refractivity contribution in [2.24, 2.45) is 0 Å². The van der Waals surface area contributed by atoms with Gasteiger partial charge in [0.2, 0.25) is 0 Å². The van der Waals surface area contributed by atoms with Crippen LogP contribution in [-0.2, 0) is 5.41 Å². The lowest BCUT2D eigenvalue weighted by atomic mass is 9.68. The van der Waals surface area contributed by atoms with E-state index in [4.69, 9.17) is 0 Å². The van der Waals surface area contributed by atoms with E-state index in [0.717, 1.165) is 35.7 Å². The van der Waals surface area contributed by atoms with Crippen molar-refractivity contribution >= 4 is 11.3 Å². The molecule has 0 saturated heterocycles. The van der Waals surface area contributed by atoms with Gasteiger partial charge in [0.05, 0.1) is 22.6 Å². The number of aliphatic hydroxyl groups is 1. The molecule has 1 saturated carbocycles. The minimum atomic E-state index is -0.173. The molecule has 0 spiro atoms. The van der Waals surface area contributed by atoms with E-state index in [1.165, 1.54) is 0 Å². The van der Waals surface area contributed by atoms with Crippen LogP contribution in [-0.4, -0.2) is 21.7 Å². The summed E-state index contributed by atoms with van der Waals surface area (Å²) in [6.45, 7) is 0.154. The summed E-state index contributed by atoms with van der Waals surface area (Å²) in [6.07, 6.45) is 4.95. The molecule has 4 heteroatoms. The van der Waals surface area contributed by atoms with Crippen molar-refractivity contribution in [1.29, 1.82) is 0 Å². The molecule has 88 valence electrons. The zero-order valence-corrected chi connectivity index (χ0v) is 10.3. The monoisotopic (exact) mass is 246 g/mol. The molecule has 1 aliphatic carbocycles. The zero-order chi connectivity index (χ0) is 11.7. The first kappa shape index (κ1) is 10.9. The van der Waals surface area contributed by atoms with Crippen LogP contribution in [0.1, 0.15) is 25.1 Å². The van der Waals surface area contributed by atoms with Crippen molar-refractivity contribution in [1.82, 2.24) is 9.97 Å². The number of hydrogen-bond acceptors (Lipinski definition) is 4. The van der Waals surface area contributed by atoms with Crippen LogP contribution in [0.5, 0.6) is 0 Å². The molecule has 0 aromatic carbocycles. The van der Waals surface area contributed by atoms with Crippen molar-refractivity contribution in [3.63, 3.8) is 0 Å². The van der Waals surface area contributed by atoms with Crippen LogP contribution < -0.4 is 0 Å². The maximum absolute atomic E-state index is 9.53. The number of rotatable bonds is 3. The van der Waals surface area contributed by atoms with Crippen molar-refractivity contribution < 1.29 is 5.11 Å². The first-order valence-electron chi connectivity index (χ1n) is 5.82. The predicted molar refractivity (Wildman–Crippen MR) is 68.0 cm³/mol. The van der Waals surface area contributed by atoms with E-state index in [9.17, 15) is 5.11 Å². The Kier molecular flexibility index (Phi) is 2.68. The summed E-state index contributed by atoms with van der Waals surface area (Å²) in [5, 5.41) is 11.6. The van der Waals surface area contributed by atoms with E-state index < -0.39 is 0 Å². The van der Waals surface area contributed by atoms with Gasteiger partial charge in [-0.15, -0.1) is 11.3 Å². The molecule has 3 rings (SSSR count). The fourth-order valence-corrected chi connectivity index (χ4v) is 2.93. The number of aromatic nitrogens is 2. The second kappa shape index (κ2) is 4.20. The van der Waals surface area contributed by atoms with Gasteiger partial charge >= 0.3 is 0 Å². The molecule has 2 heterocycles. The zero-order valence-electron chi connectivity index (χ0n) is 9.47. The van der Waals surface area contributed by atoms with Crippen LogP contribution in [0.15, 0.2) is 29.8 Å². The average Bonchev–Trinajstić information content (AvgIpc) is 2.82. The van der Waals surface area contributed by atoms with E-state index in [1.54, 1.807) is 17.5 Å². The van der Waals surface area contributed by atoms with E-state index >= 15 is 0 Å². The van der Waals surface area contributed by atoms with Crippen LogP contribution in [0.2, 0.25) is 0 Å². The summed E-state index contributed by atoms with van der Waals surface area (Å²) < 4.78 is 0. The maximum Gasteiger partial charge on any atom is 0.137 e. The molecule has 2 aromatic rings. The lowest BCUT2D eigenvalue weighted by molar-refractivity contribution is 0.112. The molecule has 0 amide bonds. The molecule has 1 fully saturated rings. The van der Waals surface area contributed by atoms with E-state index in [0.29, 0.717) is 0 Å². The molecule has 17 heavy (non-hydrogen) atoms. The molecular formula is C13H14N2OS. The fraction of sp³-hybridized carbons (Fsp3) is 0.385. The van der Waals surface area contributed by atoms with Gasteiger partial charge in [0, 0.05) is 6.20 Å². The van der Waals surface area contributed by atoms with Gasteiger partial charge in [0.1, 0.15) is 5.82 Å². The topological polar surface area (TPSA) is 46.0 Å². The largest absolute Gasteiger partial charge is 0.395 e. The van der Waals surface area contributed by atoms with Gasteiger partial charge in [-0.1, -0.05) is 12.5 Å². The Morgan fingerprint density at radius 3 is 2.82 bits per heavy atom. The second-order valence-electron chi connectivity index (χ2n) is 4.53. The second-order valence-corrected chi connectivity index (χ2v) is 5.48. The molecular weight excluding hydrogens is 232 g/mol. The standard InChI is InChI=1S/C13H14N2OS/c16-9-13(5-2-6-13)12-14-7-4-10(15-12)11-3-1-8-17-11/h1,3-4,7-8,16H,2,5-6,9H2. The molecule has 0 radical (unpaired) electrons. The highest BCUT2D eigenvalue weighted by Crippen LogP contribution is 2.41. The summed E-state index contributed by atoms with van der Waals surface area (Å²) >= 11 is 1.68. The van der Waals surface area contributed by atoms with Gasteiger partial charge in [-0.25, -0.2) is 9.97 Å². The van der Waals surface area contributed by atoms with Gasteiger partial charge in [-0.3, -0.25) is 0 Å². The SMILES string of the molecule is OCC1(c2nccc(-c3cccs3)n2)CCC1. The average molecular weight is 246 g/mol. The highest BCUT2D eigenvalue weighted by atomic mass is 32.1. The van der Waals surface area contributed by atoms with Crippen molar-refractivity contribution in [2.75, 3.05) is 6.61 Å². The fourth-order valence-electron chi connectivity index (χ4n) is 2.23. The predicted octanol–water partition coefficient (Wildman–Crippen LogP) is 2.62. The molecule has 3 nitrogen and oxygen atoms in total. The molecule has 1 aliphatic rings. The normalized spacial score (nSPS) is 17.7. The Balaban J connectivity index is 1.99. The Bertz CT molecular complexity index is 500. The summed E-state index contributed by atoms with van der Waals surface area (Å²) in [5.74, 6) is 0.803. The molecule has 0 bridgehead atoms. The molecule has 2 aromatic heterocycles. The molecule has 0 aliphatic heterocycles. The third kappa shape index (κ3) is 1.77. The Hall–Kier alpha value is -1.26. The number of nitrogens with zero attached hydrogens (tertiary/aromatic N) is 2. The van der Waals surface area contributed by atoms with E-state index in [2.05, 4.69) is 16.0 Å². The van der Waals surface area contributed by atoms with Gasteiger partial charge in [0.25, 0.3) is 0 Å².